The number of ether oxygens (including phenoxy) is 1. The molecular weight excluding hydrogens is 463 g/mol. The smallest absolute Gasteiger partial charge is 0.416 e. The van der Waals surface area contributed by atoms with E-state index >= 15 is 0 Å². The van der Waals surface area contributed by atoms with Crippen molar-refractivity contribution in [3.8, 4) is 5.75 Å². The van der Waals surface area contributed by atoms with Crippen molar-refractivity contribution in [2.24, 2.45) is 5.92 Å². The lowest BCUT2D eigenvalue weighted by molar-refractivity contribution is -0.137. The fourth-order valence-corrected chi connectivity index (χ4v) is 4.87. The number of aromatic amines is 1. The minimum atomic E-state index is -4.31. The number of hydrogen-bond donors (Lipinski definition) is 2. The quantitative estimate of drug-likeness (QED) is 0.399. The van der Waals surface area contributed by atoms with Crippen molar-refractivity contribution in [3.05, 3.63) is 58.9 Å². The first-order valence-electron chi connectivity index (χ1n) is 11.9. The van der Waals surface area contributed by atoms with Crippen molar-refractivity contribution in [2.45, 2.75) is 70.1 Å². The van der Waals surface area contributed by atoms with Gasteiger partial charge in [-0.25, -0.2) is 4.98 Å². The van der Waals surface area contributed by atoms with Gasteiger partial charge in [-0.1, -0.05) is 49.9 Å². The van der Waals surface area contributed by atoms with Gasteiger partial charge in [0.1, 0.15) is 17.9 Å². The van der Waals surface area contributed by atoms with Gasteiger partial charge >= 0.3 is 6.18 Å². The summed E-state index contributed by atoms with van der Waals surface area (Å²) in [6.07, 6.45) is 3.39. The van der Waals surface area contributed by atoms with Crippen LogP contribution in [0.2, 0.25) is 5.02 Å². The summed E-state index contributed by atoms with van der Waals surface area (Å²) in [5.74, 6) is 1.90. The van der Waals surface area contributed by atoms with Gasteiger partial charge in [-0.15, -0.1) is 0 Å². The van der Waals surface area contributed by atoms with E-state index in [1.54, 1.807) is 24.5 Å². The number of rotatable bonds is 4. The Morgan fingerprint density at radius 3 is 2.41 bits per heavy atom. The molecule has 5 rings (SSSR count). The van der Waals surface area contributed by atoms with Gasteiger partial charge in [0.05, 0.1) is 22.4 Å². The van der Waals surface area contributed by atoms with E-state index in [0.717, 1.165) is 42.0 Å². The molecule has 1 aliphatic carbocycles. The van der Waals surface area contributed by atoms with Crippen LogP contribution in [0.1, 0.15) is 63.0 Å². The van der Waals surface area contributed by atoms with Crippen LogP contribution in [0.25, 0.3) is 11.0 Å². The summed E-state index contributed by atoms with van der Waals surface area (Å²) in [7, 11) is 0. The number of nitrogens with zero attached hydrogens (tertiary/aromatic N) is 1. The number of alkyl halides is 3. The Hall–Kier alpha value is -2.25. The van der Waals surface area contributed by atoms with Gasteiger partial charge in [-0.2, -0.15) is 13.2 Å². The van der Waals surface area contributed by atoms with Gasteiger partial charge < -0.3 is 15.0 Å². The molecule has 0 bridgehead atoms. The maximum atomic E-state index is 12.8. The molecule has 0 amide bonds. The third-order valence-corrected chi connectivity index (χ3v) is 7.02. The Morgan fingerprint density at radius 2 is 1.79 bits per heavy atom. The molecule has 4 nitrogen and oxygen atoms in total. The second kappa shape index (κ2) is 10.6. The third-order valence-electron chi connectivity index (χ3n) is 6.73. The van der Waals surface area contributed by atoms with Crippen LogP contribution in [0, 0.1) is 5.92 Å². The molecule has 2 aromatic carbocycles. The third kappa shape index (κ3) is 6.25. The Bertz CT molecular complexity index is 1080. The van der Waals surface area contributed by atoms with Crippen molar-refractivity contribution in [3.63, 3.8) is 0 Å². The first-order chi connectivity index (χ1) is 16.2. The Labute approximate surface area is 203 Å². The first kappa shape index (κ1) is 24.9. The fourth-order valence-electron chi connectivity index (χ4n) is 4.61. The van der Waals surface area contributed by atoms with Crippen molar-refractivity contribution < 1.29 is 17.9 Å². The molecule has 1 saturated carbocycles. The molecule has 2 N–H and O–H groups in total. The average molecular weight is 494 g/mol. The Kier molecular flexibility index (Phi) is 7.73. The van der Waals surface area contributed by atoms with E-state index < -0.39 is 11.7 Å². The number of piperidine rings is 1. The number of halogens is 4. The monoisotopic (exact) mass is 493 g/mol. The highest BCUT2D eigenvalue weighted by atomic mass is 35.5. The van der Waals surface area contributed by atoms with Crippen LogP contribution in [0.4, 0.5) is 13.2 Å². The molecule has 3 atom stereocenters. The van der Waals surface area contributed by atoms with Crippen molar-refractivity contribution in [1.82, 2.24) is 15.3 Å². The molecule has 3 aromatic rings. The number of imidazole rings is 1. The lowest BCUT2D eigenvalue weighted by Crippen LogP contribution is -2.46. The normalized spacial score (nSPS) is 23.2. The summed E-state index contributed by atoms with van der Waals surface area (Å²) in [6, 6.07) is 9.43. The molecule has 1 aliphatic heterocycles. The van der Waals surface area contributed by atoms with Gasteiger partial charge in [-0.05, 0) is 49.3 Å². The topological polar surface area (TPSA) is 49.9 Å². The average Bonchev–Trinajstić information content (AvgIpc) is 3.25. The molecule has 2 fully saturated rings. The van der Waals surface area contributed by atoms with Crippen LogP contribution >= 0.6 is 11.6 Å². The SMILES string of the molecule is CC1CC(c2ccc(C(F)(F)F)cc2)CC(COc2cc(Cl)c3nc[nH]c3c2)N1.CC1CCC1. The lowest BCUT2D eigenvalue weighted by Gasteiger charge is -2.35. The lowest BCUT2D eigenvalue weighted by atomic mass is 9.83. The number of benzene rings is 2. The predicted octanol–water partition coefficient (Wildman–Crippen LogP) is 7.34. The number of fused-ring (bicyclic) bond motifs is 1. The summed E-state index contributed by atoms with van der Waals surface area (Å²) in [5, 5.41) is 4.03. The van der Waals surface area contributed by atoms with Crippen LogP contribution in [0.15, 0.2) is 42.7 Å². The summed E-state index contributed by atoms with van der Waals surface area (Å²) >= 11 is 6.24. The molecule has 2 heterocycles. The van der Waals surface area contributed by atoms with Crippen LogP contribution < -0.4 is 10.1 Å². The highest BCUT2D eigenvalue weighted by molar-refractivity contribution is 6.35. The van der Waals surface area contributed by atoms with E-state index in [2.05, 4.69) is 29.1 Å². The minimum absolute atomic E-state index is 0.0854. The van der Waals surface area contributed by atoms with E-state index in [1.165, 1.54) is 19.3 Å². The van der Waals surface area contributed by atoms with Crippen LogP contribution in [0.5, 0.6) is 5.75 Å². The maximum Gasteiger partial charge on any atom is 0.416 e. The molecule has 34 heavy (non-hydrogen) atoms. The Morgan fingerprint density at radius 1 is 1.09 bits per heavy atom. The zero-order valence-corrected chi connectivity index (χ0v) is 20.2. The summed E-state index contributed by atoms with van der Waals surface area (Å²) < 4.78 is 44.4. The Balaban J connectivity index is 0.000000486. The van der Waals surface area contributed by atoms with Gasteiger partial charge in [0, 0.05) is 24.2 Å². The molecule has 1 saturated heterocycles. The standard InChI is InChI=1S/C21H21ClF3N3O.C5H10/c1-12-6-14(13-2-4-15(5-3-13)21(23,24)25)7-16(28-12)10-29-17-8-18(22)20-19(9-17)26-11-27-20;1-5-3-2-4-5/h2-5,8-9,11-12,14,16,28H,6-7,10H2,1H3,(H,26,27);5H,2-4H2,1H3. The molecular formula is C26H31ClF3N3O. The van der Waals surface area contributed by atoms with Crippen molar-refractivity contribution in [1.29, 1.82) is 0 Å². The van der Waals surface area contributed by atoms with E-state index in [-0.39, 0.29) is 18.0 Å². The molecule has 1 aromatic heterocycles. The van der Waals surface area contributed by atoms with E-state index in [1.807, 2.05) is 6.07 Å². The van der Waals surface area contributed by atoms with E-state index in [9.17, 15) is 13.2 Å². The van der Waals surface area contributed by atoms with Crippen molar-refractivity contribution >= 4 is 22.6 Å². The first-order valence-corrected chi connectivity index (χ1v) is 12.3. The van der Waals surface area contributed by atoms with Gasteiger partial charge in [0.25, 0.3) is 0 Å². The van der Waals surface area contributed by atoms with E-state index in [4.69, 9.17) is 16.3 Å². The summed E-state index contributed by atoms with van der Waals surface area (Å²) in [5.41, 5.74) is 1.82. The molecule has 2 aliphatic rings. The molecule has 0 spiro atoms. The zero-order valence-electron chi connectivity index (χ0n) is 19.5. The van der Waals surface area contributed by atoms with Crippen LogP contribution in [-0.4, -0.2) is 28.7 Å². The molecule has 3 unspecified atom stereocenters. The number of hydrogen-bond acceptors (Lipinski definition) is 3. The van der Waals surface area contributed by atoms with E-state index in [0.29, 0.717) is 22.9 Å². The van der Waals surface area contributed by atoms with Crippen LogP contribution in [0.3, 0.4) is 0 Å². The van der Waals surface area contributed by atoms with Gasteiger partial charge in [0.15, 0.2) is 0 Å². The predicted molar refractivity (Wildman–Crippen MR) is 129 cm³/mol. The maximum absolute atomic E-state index is 12.8. The highest BCUT2D eigenvalue weighted by Gasteiger charge is 2.31. The number of aromatic nitrogens is 2. The second-order valence-electron chi connectivity index (χ2n) is 9.60. The molecule has 184 valence electrons. The van der Waals surface area contributed by atoms with Crippen molar-refractivity contribution in [2.75, 3.05) is 6.61 Å². The summed E-state index contributed by atoms with van der Waals surface area (Å²) in [4.78, 5) is 7.18. The number of nitrogens with one attached hydrogen (secondary N) is 2. The fraction of sp³-hybridized carbons (Fsp3) is 0.500. The molecule has 8 heteroatoms. The summed E-state index contributed by atoms with van der Waals surface area (Å²) in [6.45, 7) is 4.83. The molecule has 0 radical (unpaired) electrons. The van der Waals surface area contributed by atoms with Gasteiger partial charge in [0.2, 0.25) is 0 Å². The highest BCUT2D eigenvalue weighted by Crippen LogP contribution is 2.34. The van der Waals surface area contributed by atoms with Crippen LogP contribution in [-0.2, 0) is 6.18 Å². The number of H-pyrrole nitrogens is 1. The van der Waals surface area contributed by atoms with Gasteiger partial charge in [-0.3, -0.25) is 0 Å². The zero-order chi connectivity index (χ0) is 24.3. The largest absolute Gasteiger partial charge is 0.492 e. The second-order valence-corrected chi connectivity index (χ2v) is 10.0. The minimum Gasteiger partial charge on any atom is -0.492 e.